The number of rotatable bonds is 0. The second-order valence-corrected chi connectivity index (χ2v) is 3.66. The van der Waals surface area contributed by atoms with Gasteiger partial charge in [0.25, 0.3) is 5.56 Å². The Hall–Kier alpha value is -3.09. The number of nitrogens with zero attached hydrogens (tertiary/aromatic N) is 2. The summed E-state index contributed by atoms with van der Waals surface area (Å²) in [5.74, 6) is 0.134. The van der Waals surface area contributed by atoms with Gasteiger partial charge in [-0.1, -0.05) is 6.07 Å². The Morgan fingerprint density at radius 3 is 2.10 bits per heavy atom. The zero-order valence-corrected chi connectivity index (χ0v) is 11.1. The summed E-state index contributed by atoms with van der Waals surface area (Å²) in [5.41, 5.74) is -0.218. The van der Waals surface area contributed by atoms with Crippen molar-refractivity contribution in [3.05, 3.63) is 75.7 Å². The lowest BCUT2D eigenvalue weighted by Gasteiger charge is -1.88. The first-order valence-electron chi connectivity index (χ1n) is 6.03. The molecule has 2 aromatic rings. The first-order chi connectivity index (χ1) is 10.2. The number of carbonyl (C=O) groups excluding carboxylic acids is 1. The van der Waals surface area contributed by atoms with E-state index < -0.39 is 0 Å². The number of allylic oxidation sites excluding steroid dienone is 1. The molecule has 0 spiro atoms. The van der Waals surface area contributed by atoms with Crippen molar-refractivity contribution in [2.45, 2.75) is 6.42 Å². The summed E-state index contributed by atoms with van der Waals surface area (Å²) in [7, 11) is 0. The van der Waals surface area contributed by atoms with Crippen molar-refractivity contribution in [3.63, 3.8) is 0 Å². The summed E-state index contributed by atoms with van der Waals surface area (Å²) >= 11 is 0. The van der Waals surface area contributed by atoms with Crippen molar-refractivity contribution in [2.75, 3.05) is 0 Å². The largest absolute Gasteiger partial charge is 0.329 e. The molecule has 2 N–H and O–H groups in total. The van der Waals surface area contributed by atoms with Crippen LogP contribution >= 0.6 is 0 Å². The third-order valence-corrected chi connectivity index (χ3v) is 2.01. The van der Waals surface area contributed by atoms with Crippen LogP contribution in [0.25, 0.3) is 0 Å². The van der Waals surface area contributed by atoms with Gasteiger partial charge in [0.2, 0.25) is 5.56 Å². The highest BCUT2D eigenvalue weighted by molar-refractivity contribution is 6.00. The molecule has 0 unspecified atom stereocenters. The molecule has 0 aromatic carbocycles. The normalized spacial score (nSPS) is 11.7. The van der Waals surface area contributed by atoms with Crippen LogP contribution in [0.5, 0.6) is 0 Å². The third kappa shape index (κ3) is 8.60. The van der Waals surface area contributed by atoms with E-state index in [2.05, 4.69) is 20.2 Å². The summed E-state index contributed by atoms with van der Waals surface area (Å²) in [6.07, 6.45) is 8.16. The van der Waals surface area contributed by atoms with Crippen LogP contribution in [0.4, 0.5) is 0 Å². The van der Waals surface area contributed by atoms with E-state index in [-0.39, 0.29) is 16.9 Å². The summed E-state index contributed by atoms with van der Waals surface area (Å²) < 4.78 is 0. The second-order valence-electron chi connectivity index (χ2n) is 3.66. The number of carbonyl (C=O) groups is 1. The summed E-state index contributed by atoms with van der Waals surface area (Å²) in [6, 6.07) is 7.92. The topological polar surface area (TPSA) is 108 Å². The molecule has 7 heteroatoms. The molecule has 3 rings (SSSR count). The molecule has 0 atom stereocenters. The fourth-order valence-corrected chi connectivity index (χ4v) is 1.09. The minimum Gasteiger partial charge on any atom is -0.329 e. The predicted octanol–water partition coefficient (Wildman–Crippen LogP) is 0.689. The smallest absolute Gasteiger partial charge is 0.264 e. The molecule has 0 fully saturated rings. The van der Waals surface area contributed by atoms with E-state index in [1.165, 1.54) is 30.6 Å². The molecule has 21 heavy (non-hydrogen) atoms. The fourth-order valence-electron chi connectivity index (χ4n) is 1.09. The van der Waals surface area contributed by atoms with Gasteiger partial charge in [-0.05, 0) is 18.2 Å². The molecule has 0 saturated carbocycles. The monoisotopic (exact) mass is 286 g/mol. The standard InChI is InChI=1S/2C5H5NO.C4H4N2O/c7-5-1-3-6-4-2-5;7-5-3-1-2-4-6-5;7-4-2-1-3-5-6-4/h1,3-4H,2H2;1-4H,(H,6,7);1-3H,(H,6,7). The van der Waals surface area contributed by atoms with E-state index in [1.807, 2.05) is 0 Å². The Morgan fingerprint density at radius 1 is 1.00 bits per heavy atom. The molecule has 0 radical (unpaired) electrons. The summed E-state index contributed by atoms with van der Waals surface area (Å²) in [6.45, 7) is 0. The molecular weight excluding hydrogens is 272 g/mol. The zero-order valence-electron chi connectivity index (χ0n) is 11.1. The predicted molar refractivity (Wildman–Crippen MR) is 79.2 cm³/mol. The van der Waals surface area contributed by atoms with Gasteiger partial charge < -0.3 is 4.98 Å². The van der Waals surface area contributed by atoms with E-state index >= 15 is 0 Å². The molecule has 0 amide bonds. The Kier molecular flexibility index (Phi) is 7.44. The molecule has 0 aliphatic carbocycles. The average molecular weight is 286 g/mol. The molecule has 2 aromatic heterocycles. The van der Waals surface area contributed by atoms with Gasteiger partial charge in [0.15, 0.2) is 5.78 Å². The molecule has 1 aliphatic rings. The van der Waals surface area contributed by atoms with Crippen LogP contribution in [0.2, 0.25) is 0 Å². The minimum absolute atomic E-state index is 0.0532. The molecule has 0 bridgehead atoms. The number of ketones is 1. The zero-order chi connectivity index (χ0) is 15.3. The number of aromatic amines is 2. The highest BCUT2D eigenvalue weighted by atomic mass is 16.1. The number of aliphatic imine (C=N–C) groups is 1. The van der Waals surface area contributed by atoms with Crippen LogP contribution in [-0.2, 0) is 4.79 Å². The highest BCUT2D eigenvalue weighted by Crippen LogP contribution is 1.88. The lowest BCUT2D eigenvalue weighted by molar-refractivity contribution is -0.113. The van der Waals surface area contributed by atoms with Crippen LogP contribution in [0, 0.1) is 0 Å². The number of hydrogen-bond acceptors (Lipinski definition) is 5. The fraction of sp³-hybridized carbons (Fsp3) is 0.0714. The van der Waals surface area contributed by atoms with Gasteiger partial charge in [0.05, 0.1) is 0 Å². The molecule has 1 aliphatic heterocycles. The maximum atomic E-state index is 10.3. The van der Waals surface area contributed by atoms with Crippen molar-refractivity contribution >= 4 is 12.0 Å². The van der Waals surface area contributed by atoms with Gasteiger partial charge >= 0.3 is 0 Å². The average Bonchev–Trinajstić information content (AvgIpc) is 2.51. The van der Waals surface area contributed by atoms with Crippen molar-refractivity contribution in [1.29, 1.82) is 0 Å². The van der Waals surface area contributed by atoms with Crippen LogP contribution in [-0.4, -0.2) is 27.2 Å². The van der Waals surface area contributed by atoms with Crippen LogP contribution < -0.4 is 11.1 Å². The lowest BCUT2D eigenvalue weighted by Crippen LogP contribution is -2.02. The van der Waals surface area contributed by atoms with Gasteiger partial charge in [-0.3, -0.25) is 19.4 Å². The summed E-state index contributed by atoms with van der Waals surface area (Å²) in [5, 5.41) is 5.67. The molecule has 3 heterocycles. The lowest BCUT2D eigenvalue weighted by atomic mass is 10.3. The number of aromatic nitrogens is 3. The van der Waals surface area contributed by atoms with E-state index in [1.54, 1.807) is 30.6 Å². The number of nitrogens with one attached hydrogen (secondary N) is 2. The van der Waals surface area contributed by atoms with Gasteiger partial charge in [-0.2, -0.15) is 5.10 Å². The van der Waals surface area contributed by atoms with E-state index in [0.717, 1.165) is 0 Å². The summed E-state index contributed by atoms with van der Waals surface area (Å²) in [4.78, 5) is 36.8. The van der Waals surface area contributed by atoms with Gasteiger partial charge in [0, 0.05) is 43.4 Å². The Labute approximate surface area is 120 Å². The maximum absolute atomic E-state index is 10.3. The van der Waals surface area contributed by atoms with E-state index in [4.69, 9.17) is 0 Å². The van der Waals surface area contributed by atoms with Gasteiger partial charge in [0.1, 0.15) is 0 Å². The van der Waals surface area contributed by atoms with Crippen LogP contribution in [0.3, 0.4) is 0 Å². The Morgan fingerprint density at radius 2 is 1.81 bits per heavy atom. The first kappa shape index (κ1) is 16.0. The van der Waals surface area contributed by atoms with Crippen LogP contribution in [0.1, 0.15) is 6.42 Å². The maximum Gasteiger partial charge on any atom is 0.264 e. The Balaban J connectivity index is 0.000000157. The molecule has 108 valence electrons. The second kappa shape index (κ2) is 9.79. The highest BCUT2D eigenvalue weighted by Gasteiger charge is 1.93. The molecule has 7 nitrogen and oxygen atoms in total. The quantitative estimate of drug-likeness (QED) is 0.742. The molecular formula is C14H14N4O3. The van der Waals surface area contributed by atoms with Gasteiger partial charge in [-0.15, -0.1) is 0 Å². The Bertz CT molecular complexity index is 636. The first-order valence-corrected chi connectivity index (χ1v) is 6.03. The number of hydrogen-bond donors (Lipinski definition) is 2. The van der Waals surface area contributed by atoms with Gasteiger partial charge in [-0.25, -0.2) is 5.10 Å². The van der Waals surface area contributed by atoms with E-state index in [9.17, 15) is 14.4 Å². The van der Waals surface area contributed by atoms with Crippen molar-refractivity contribution in [2.24, 2.45) is 4.99 Å². The number of pyridine rings is 1. The molecule has 0 saturated heterocycles. The van der Waals surface area contributed by atoms with Crippen molar-refractivity contribution in [1.82, 2.24) is 15.2 Å². The van der Waals surface area contributed by atoms with Crippen molar-refractivity contribution < 1.29 is 4.79 Å². The SMILES string of the molecule is O=C1C=CN=CC1.O=c1cccc[nH]1.O=c1cccn[nH]1. The van der Waals surface area contributed by atoms with E-state index in [0.29, 0.717) is 6.42 Å². The van der Waals surface area contributed by atoms with Crippen LogP contribution in [0.15, 0.2) is 69.6 Å². The minimum atomic E-state index is -0.164. The number of H-pyrrole nitrogens is 2. The van der Waals surface area contributed by atoms with Crippen molar-refractivity contribution in [3.8, 4) is 0 Å². The third-order valence-electron chi connectivity index (χ3n) is 2.01.